The fourth-order valence-electron chi connectivity index (χ4n) is 1.82. The summed E-state index contributed by atoms with van der Waals surface area (Å²) in [6.07, 6.45) is 2.68. The quantitative estimate of drug-likeness (QED) is 0.648. The first-order chi connectivity index (χ1) is 9.92. The molecule has 2 N–H and O–H groups in total. The third-order valence-electron chi connectivity index (χ3n) is 2.84. The number of aryl methyl sites for hydroxylation is 2. The number of pyridine rings is 1. The van der Waals surface area contributed by atoms with Crippen molar-refractivity contribution in [1.82, 2.24) is 14.8 Å². The maximum atomic E-state index is 12.3. The summed E-state index contributed by atoms with van der Waals surface area (Å²) >= 11 is 0. The van der Waals surface area contributed by atoms with E-state index >= 15 is 0 Å². The Morgan fingerprint density at radius 3 is 2.71 bits per heavy atom. The molecule has 9 heteroatoms. The van der Waals surface area contributed by atoms with E-state index in [0.29, 0.717) is 17.2 Å². The van der Waals surface area contributed by atoms with Crippen molar-refractivity contribution in [3.8, 4) is 0 Å². The second-order valence-electron chi connectivity index (χ2n) is 4.35. The molecule has 2 heterocycles. The van der Waals surface area contributed by atoms with Gasteiger partial charge in [0.1, 0.15) is 17.6 Å². The zero-order chi connectivity index (χ0) is 15.6. The van der Waals surface area contributed by atoms with E-state index in [4.69, 9.17) is 0 Å². The van der Waals surface area contributed by atoms with Crippen molar-refractivity contribution >= 4 is 23.1 Å². The summed E-state index contributed by atoms with van der Waals surface area (Å²) in [7, 11) is 3.33. The molecule has 0 radical (unpaired) electrons. The van der Waals surface area contributed by atoms with Crippen LogP contribution in [0.1, 0.15) is 16.1 Å². The molecule has 0 atom stereocenters. The topological polar surface area (TPSA) is 115 Å². The van der Waals surface area contributed by atoms with Crippen LogP contribution in [0, 0.1) is 17.0 Å². The van der Waals surface area contributed by atoms with Gasteiger partial charge in [0.2, 0.25) is 0 Å². The van der Waals surface area contributed by atoms with Crippen LogP contribution in [0.25, 0.3) is 0 Å². The number of nitrogens with zero attached hydrogens (tertiary/aromatic N) is 4. The van der Waals surface area contributed by atoms with E-state index in [9.17, 15) is 14.9 Å². The van der Waals surface area contributed by atoms with E-state index in [1.165, 1.54) is 6.07 Å². The number of aromatic nitrogens is 3. The van der Waals surface area contributed by atoms with Gasteiger partial charge in [-0.25, -0.2) is 4.98 Å². The number of carbonyl (C=O) groups excluding carboxylic acids is 1. The van der Waals surface area contributed by atoms with Gasteiger partial charge in [-0.1, -0.05) is 0 Å². The monoisotopic (exact) mass is 290 g/mol. The van der Waals surface area contributed by atoms with Gasteiger partial charge in [0.25, 0.3) is 11.6 Å². The standard InChI is InChI=1S/C12H14N6O3/c1-7-9(6-17(3)16-7)15-12(19)8-4-11(13-2)14-5-10(8)18(20)21/h4-6H,1-3H3,(H,13,14)(H,15,19). The lowest BCUT2D eigenvalue weighted by Gasteiger charge is -2.06. The van der Waals surface area contributed by atoms with Crippen molar-refractivity contribution in [2.24, 2.45) is 7.05 Å². The Morgan fingerprint density at radius 2 is 2.19 bits per heavy atom. The molecule has 21 heavy (non-hydrogen) atoms. The van der Waals surface area contributed by atoms with Gasteiger partial charge in [0.15, 0.2) is 0 Å². The highest BCUT2D eigenvalue weighted by Crippen LogP contribution is 2.22. The summed E-state index contributed by atoms with van der Waals surface area (Å²) in [5, 5.41) is 20.4. The van der Waals surface area contributed by atoms with Gasteiger partial charge in [0, 0.05) is 26.4 Å². The first kappa shape index (κ1) is 14.4. The molecule has 0 fully saturated rings. The zero-order valence-electron chi connectivity index (χ0n) is 11.7. The highest BCUT2D eigenvalue weighted by Gasteiger charge is 2.22. The van der Waals surface area contributed by atoms with Crippen LogP contribution >= 0.6 is 0 Å². The lowest BCUT2D eigenvalue weighted by molar-refractivity contribution is -0.385. The van der Waals surface area contributed by atoms with Gasteiger partial charge in [0.05, 0.1) is 16.3 Å². The number of carbonyl (C=O) groups is 1. The Labute approximate surface area is 120 Å². The Bertz CT molecular complexity index is 709. The van der Waals surface area contributed by atoms with E-state index in [1.54, 1.807) is 31.9 Å². The third kappa shape index (κ3) is 2.96. The molecule has 2 rings (SSSR count). The van der Waals surface area contributed by atoms with Crippen LogP contribution in [0.4, 0.5) is 17.2 Å². The first-order valence-electron chi connectivity index (χ1n) is 6.06. The molecule has 0 saturated carbocycles. The second kappa shape index (κ2) is 5.57. The van der Waals surface area contributed by atoms with Crippen LogP contribution in [0.2, 0.25) is 0 Å². The minimum atomic E-state index is -0.641. The molecule has 0 bridgehead atoms. The molecular weight excluding hydrogens is 276 g/mol. The van der Waals surface area contributed by atoms with Crippen molar-refractivity contribution in [1.29, 1.82) is 0 Å². The van der Waals surface area contributed by atoms with Crippen LogP contribution in [0.5, 0.6) is 0 Å². The largest absolute Gasteiger partial charge is 0.373 e. The van der Waals surface area contributed by atoms with Crippen molar-refractivity contribution in [3.63, 3.8) is 0 Å². The fourth-order valence-corrected chi connectivity index (χ4v) is 1.82. The Kier molecular flexibility index (Phi) is 3.83. The van der Waals surface area contributed by atoms with Crippen LogP contribution in [0.3, 0.4) is 0 Å². The predicted molar refractivity (Wildman–Crippen MR) is 76.3 cm³/mol. The minimum Gasteiger partial charge on any atom is -0.373 e. The molecule has 0 aliphatic rings. The SMILES string of the molecule is CNc1cc(C(=O)Nc2cn(C)nc2C)c([N+](=O)[O-])cn1. The van der Waals surface area contributed by atoms with Crippen molar-refractivity contribution in [2.75, 3.05) is 17.7 Å². The van der Waals surface area contributed by atoms with Crippen molar-refractivity contribution < 1.29 is 9.72 Å². The molecule has 0 spiro atoms. The molecule has 2 aromatic heterocycles. The van der Waals surface area contributed by atoms with Gasteiger partial charge < -0.3 is 10.6 Å². The zero-order valence-corrected chi connectivity index (χ0v) is 11.7. The molecule has 0 saturated heterocycles. The fraction of sp³-hybridized carbons (Fsp3) is 0.250. The Hall–Kier alpha value is -2.97. The molecule has 0 aliphatic heterocycles. The average molecular weight is 290 g/mol. The lowest BCUT2D eigenvalue weighted by Crippen LogP contribution is -2.15. The average Bonchev–Trinajstić information content (AvgIpc) is 2.75. The van der Waals surface area contributed by atoms with Gasteiger partial charge in [-0.05, 0) is 6.92 Å². The minimum absolute atomic E-state index is 0.0670. The number of hydrogen-bond acceptors (Lipinski definition) is 6. The van der Waals surface area contributed by atoms with Gasteiger partial charge in [-0.15, -0.1) is 0 Å². The summed E-state index contributed by atoms with van der Waals surface area (Å²) in [5.74, 6) is -0.217. The van der Waals surface area contributed by atoms with Gasteiger partial charge >= 0.3 is 0 Å². The van der Waals surface area contributed by atoms with Crippen LogP contribution < -0.4 is 10.6 Å². The molecule has 9 nitrogen and oxygen atoms in total. The molecule has 0 unspecified atom stereocenters. The molecule has 110 valence electrons. The van der Waals surface area contributed by atoms with E-state index < -0.39 is 10.8 Å². The second-order valence-corrected chi connectivity index (χ2v) is 4.35. The van der Waals surface area contributed by atoms with E-state index in [0.717, 1.165) is 6.20 Å². The van der Waals surface area contributed by atoms with Gasteiger partial charge in [-0.2, -0.15) is 5.10 Å². The number of hydrogen-bond donors (Lipinski definition) is 2. The number of amides is 1. The molecule has 2 aromatic rings. The number of nitrogens with one attached hydrogen (secondary N) is 2. The summed E-state index contributed by atoms with van der Waals surface area (Å²) in [4.78, 5) is 26.5. The van der Waals surface area contributed by atoms with Crippen LogP contribution in [0.15, 0.2) is 18.5 Å². The molecular formula is C12H14N6O3. The number of rotatable bonds is 4. The van der Waals surface area contributed by atoms with Crippen molar-refractivity contribution in [3.05, 3.63) is 39.8 Å². The Morgan fingerprint density at radius 1 is 1.48 bits per heavy atom. The summed E-state index contributed by atoms with van der Waals surface area (Å²) < 4.78 is 1.55. The predicted octanol–water partition coefficient (Wildman–Crippen LogP) is 1.33. The van der Waals surface area contributed by atoms with E-state index in [2.05, 4.69) is 20.7 Å². The van der Waals surface area contributed by atoms with E-state index in [-0.39, 0.29) is 11.3 Å². The highest BCUT2D eigenvalue weighted by atomic mass is 16.6. The Balaban J connectivity index is 2.37. The number of nitro groups is 1. The number of anilines is 2. The highest BCUT2D eigenvalue weighted by molar-refractivity contribution is 6.07. The lowest BCUT2D eigenvalue weighted by atomic mass is 10.2. The maximum Gasteiger partial charge on any atom is 0.300 e. The molecule has 0 aliphatic carbocycles. The summed E-state index contributed by atoms with van der Waals surface area (Å²) in [6.45, 7) is 1.73. The van der Waals surface area contributed by atoms with Crippen molar-refractivity contribution in [2.45, 2.75) is 6.92 Å². The first-order valence-corrected chi connectivity index (χ1v) is 6.06. The summed E-state index contributed by atoms with van der Waals surface area (Å²) in [5.41, 5.74) is 0.701. The summed E-state index contributed by atoms with van der Waals surface area (Å²) in [6, 6.07) is 1.33. The van der Waals surface area contributed by atoms with Gasteiger partial charge in [-0.3, -0.25) is 19.6 Å². The normalized spacial score (nSPS) is 10.2. The molecule has 0 aromatic carbocycles. The van der Waals surface area contributed by atoms with Crippen LogP contribution in [-0.2, 0) is 7.05 Å². The van der Waals surface area contributed by atoms with E-state index in [1.807, 2.05) is 0 Å². The smallest absolute Gasteiger partial charge is 0.300 e. The van der Waals surface area contributed by atoms with Crippen LogP contribution in [-0.4, -0.2) is 32.6 Å². The third-order valence-corrected chi connectivity index (χ3v) is 2.84. The maximum absolute atomic E-state index is 12.3. The molecule has 1 amide bonds.